The van der Waals surface area contributed by atoms with E-state index in [0.717, 1.165) is 42.5 Å². The summed E-state index contributed by atoms with van der Waals surface area (Å²) in [4.78, 5) is 38.4. The summed E-state index contributed by atoms with van der Waals surface area (Å²) in [5, 5.41) is 12.9. The van der Waals surface area contributed by atoms with Gasteiger partial charge in [0.15, 0.2) is 0 Å². The van der Waals surface area contributed by atoms with Gasteiger partial charge >= 0.3 is 11.9 Å². The third-order valence-electron chi connectivity index (χ3n) is 5.72. The molecule has 1 aromatic heterocycles. The Bertz CT molecular complexity index is 769. The number of amides is 1. The molecule has 0 saturated heterocycles. The average Bonchev–Trinajstić information content (AvgIpc) is 2.97. The van der Waals surface area contributed by atoms with E-state index in [4.69, 9.17) is 4.74 Å². The van der Waals surface area contributed by atoms with Crippen molar-refractivity contribution in [3.05, 3.63) is 16.0 Å². The van der Waals surface area contributed by atoms with E-state index in [2.05, 4.69) is 12.2 Å². The van der Waals surface area contributed by atoms with Gasteiger partial charge in [-0.05, 0) is 57.4 Å². The van der Waals surface area contributed by atoms with Crippen LogP contribution in [0.5, 0.6) is 0 Å². The standard InChI is InChI=1S/C21H29NO5S/c1-11(2)27-21(26)17-15-9-8-12(3)10-16(15)28-19(17)22-18(23)13-6-4-5-7-14(13)20(24)25/h11-14H,4-10H2,1-3H3,(H,22,23)(H,24,25)/t12-,13+,14+/m1/s1. The number of carboxylic acids is 1. The second-order valence-corrected chi connectivity index (χ2v) is 9.44. The molecule has 2 aliphatic carbocycles. The van der Waals surface area contributed by atoms with Crippen molar-refractivity contribution in [3.63, 3.8) is 0 Å². The lowest BCUT2D eigenvalue weighted by molar-refractivity contribution is -0.147. The fourth-order valence-electron chi connectivity index (χ4n) is 4.27. The summed E-state index contributed by atoms with van der Waals surface area (Å²) in [5.41, 5.74) is 1.46. The second-order valence-electron chi connectivity index (χ2n) is 8.33. The molecule has 0 bridgehead atoms. The van der Waals surface area contributed by atoms with Gasteiger partial charge < -0.3 is 15.2 Å². The van der Waals surface area contributed by atoms with Crippen LogP contribution in [0.25, 0.3) is 0 Å². The van der Waals surface area contributed by atoms with Gasteiger partial charge in [-0.1, -0.05) is 19.8 Å². The number of esters is 1. The van der Waals surface area contributed by atoms with Crippen LogP contribution >= 0.6 is 11.3 Å². The minimum absolute atomic E-state index is 0.246. The van der Waals surface area contributed by atoms with Crippen LogP contribution in [0, 0.1) is 17.8 Å². The van der Waals surface area contributed by atoms with E-state index < -0.39 is 23.8 Å². The molecule has 7 heteroatoms. The number of rotatable bonds is 5. The highest BCUT2D eigenvalue weighted by atomic mass is 32.1. The van der Waals surface area contributed by atoms with Gasteiger partial charge in [-0.3, -0.25) is 9.59 Å². The lowest BCUT2D eigenvalue weighted by Crippen LogP contribution is -2.36. The van der Waals surface area contributed by atoms with Crippen molar-refractivity contribution < 1.29 is 24.2 Å². The van der Waals surface area contributed by atoms with Crippen molar-refractivity contribution >= 4 is 34.2 Å². The van der Waals surface area contributed by atoms with Gasteiger partial charge in [-0.25, -0.2) is 4.79 Å². The molecule has 1 heterocycles. The number of carboxylic acid groups (broad SMARTS) is 1. The lowest BCUT2D eigenvalue weighted by atomic mass is 9.78. The molecule has 0 spiro atoms. The van der Waals surface area contributed by atoms with Gasteiger partial charge in [-0.2, -0.15) is 0 Å². The molecule has 154 valence electrons. The van der Waals surface area contributed by atoms with Gasteiger partial charge in [0.05, 0.1) is 23.5 Å². The molecule has 3 rings (SSSR count). The molecule has 0 unspecified atom stereocenters. The molecule has 1 fully saturated rings. The molecule has 1 saturated carbocycles. The molecule has 2 N–H and O–H groups in total. The third-order valence-corrected chi connectivity index (χ3v) is 6.88. The van der Waals surface area contributed by atoms with Crippen molar-refractivity contribution in [3.8, 4) is 0 Å². The fourth-order valence-corrected chi connectivity index (χ4v) is 5.67. The van der Waals surface area contributed by atoms with Crippen LogP contribution in [0.1, 0.15) is 73.7 Å². The Kier molecular flexibility index (Phi) is 6.43. The van der Waals surface area contributed by atoms with Gasteiger partial charge in [0.2, 0.25) is 5.91 Å². The summed E-state index contributed by atoms with van der Waals surface area (Å²) in [6.45, 7) is 5.79. The largest absolute Gasteiger partial charge is 0.481 e. The Hall–Kier alpha value is -1.89. The van der Waals surface area contributed by atoms with Gasteiger partial charge in [0.25, 0.3) is 0 Å². The van der Waals surface area contributed by atoms with Crippen molar-refractivity contribution in [2.75, 3.05) is 5.32 Å². The maximum absolute atomic E-state index is 12.9. The normalized spacial score (nSPS) is 24.5. The maximum atomic E-state index is 12.9. The first-order valence-electron chi connectivity index (χ1n) is 10.2. The highest BCUT2D eigenvalue weighted by Crippen LogP contribution is 2.41. The van der Waals surface area contributed by atoms with E-state index >= 15 is 0 Å². The SMILES string of the molecule is CC(C)OC(=O)c1c(NC(=O)[C@H]2CCCC[C@@H]2C(=O)O)sc2c1CC[C@@H](C)C2. The second kappa shape index (κ2) is 8.64. The lowest BCUT2D eigenvalue weighted by Gasteiger charge is -2.27. The average molecular weight is 408 g/mol. The Morgan fingerprint density at radius 3 is 2.46 bits per heavy atom. The number of nitrogens with one attached hydrogen (secondary N) is 1. The molecule has 28 heavy (non-hydrogen) atoms. The van der Waals surface area contributed by atoms with Crippen molar-refractivity contribution in [1.82, 2.24) is 0 Å². The summed E-state index contributed by atoms with van der Waals surface area (Å²) in [5.74, 6) is -2.29. The number of hydrogen-bond acceptors (Lipinski definition) is 5. The summed E-state index contributed by atoms with van der Waals surface area (Å²) >= 11 is 1.44. The fraction of sp³-hybridized carbons (Fsp3) is 0.667. The van der Waals surface area contributed by atoms with Crippen molar-refractivity contribution in [2.24, 2.45) is 17.8 Å². The van der Waals surface area contributed by atoms with E-state index in [0.29, 0.717) is 29.3 Å². The Morgan fingerprint density at radius 2 is 1.82 bits per heavy atom. The zero-order valence-electron chi connectivity index (χ0n) is 16.7. The summed E-state index contributed by atoms with van der Waals surface area (Å²) in [6.07, 6.45) is 5.21. The summed E-state index contributed by atoms with van der Waals surface area (Å²) < 4.78 is 5.44. The molecular formula is C21H29NO5S. The van der Waals surface area contributed by atoms with E-state index in [9.17, 15) is 19.5 Å². The Morgan fingerprint density at radius 1 is 1.14 bits per heavy atom. The molecular weight excluding hydrogens is 378 g/mol. The highest BCUT2D eigenvalue weighted by molar-refractivity contribution is 7.17. The molecule has 0 aliphatic heterocycles. The maximum Gasteiger partial charge on any atom is 0.341 e. The minimum Gasteiger partial charge on any atom is -0.481 e. The molecule has 3 atom stereocenters. The molecule has 0 aromatic carbocycles. The van der Waals surface area contributed by atoms with Crippen molar-refractivity contribution in [1.29, 1.82) is 0 Å². The number of aliphatic carboxylic acids is 1. The number of carbonyl (C=O) groups excluding carboxylic acids is 2. The molecule has 1 aromatic rings. The molecule has 1 amide bonds. The monoisotopic (exact) mass is 407 g/mol. The molecule has 0 radical (unpaired) electrons. The van der Waals surface area contributed by atoms with E-state index in [1.54, 1.807) is 13.8 Å². The van der Waals surface area contributed by atoms with Gasteiger partial charge in [0.1, 0.15) is 5.00 Å². The van der Waals surface area contributed by atoms with Crippen LogP contribution in [-0.4, -0.2) is 29.1 Å². The number of anilines is 1. The Labute approximate surface area is 169 Å². The Balaban J connectivity index is 1.89. The number of hydrogen-bond donors (Lipinski definition) is 2. The van der Waals surface area contributed by atoms with Gasteiger partial charge in [0, 0.05) is 4.88 Å². The zero-order valence-corrected chi connectivity index (χ0v) is 17.6. The first-order valence-corrected chi connectivity index (χ1v) is 11.0. The first-order chi connectivity index (χ1) is 13.3. The molecule has 6 nitrogen and oxygen atoms in total. The summed E-state index contributed by atoms with van der Waals surface area (Å²) in [7, 11) is 0. The van der Waals surface area contributed by atoms with Crippen LogP contribution in [-0.2, 0) is 27.2 Å². The number of thiophene rings is 1. The first kappa shape index (κ1) is 20.8. The third kappa shape index (κ3) is 4.40. The predicted molar refractivity (Wildman–Crippen MR) is 108 cm³/mol. The van der Waals surface area contributed by atoms with Crippen LogP contribution < -0.4 is 5.32 Å². The molecule has 2 aliphatic rings. The number of ether oxygens (including phenoxy) is 1. The minimum atomic E-state index is -0.918. The number of fused-ring (bicyclic) bond motifs is 1. The highest BCUT2D eigenvalue weighted by Gasteiger charge is 2.37. The van der Waals surface area contributed by atoms with Crippen LogP contribution in [0.15, 0.2) is 0 Å². The van der Waals surface area contributed by atoms with Crippen LogP contribution in [0.3, 0.4) is 0 Å². The van der Waals surface area contributed by atoms with Crippen LogP contribution in [0.2, 0.25) is 0 Å². The smallest absolute Gasteiger partial charge is 0.341 e. The quantitative estimate of drug-likeness (QED) is 0.711. The predicted octanol–water partition coefficient (Wildman–Crippen LogP) is 4.27. The topological polar surface area (TPSA) is 92.7 Å². The number of carbonyl (C=O) groups is 3. The zero-order chi connectivity index (χ0) is 20.4. The van der Waals surface area contributed by atoms with E-state index in [1.807, 2.05) is 0 Å². The van der Waals surface area contributed by atoms with Crippen LogP contribution in [0.4, 0.5) is 5.00 Å². The van der Waals surface area contributed by atoms with E-state index in [1.165, 1.54) is 11.3 Å². The van der Waals surface area contributed by atoms with Gasteiger partial charge in [-0.15, -0.1) is 11.3 Å². The summed E-state index contributed by atoms with van der Waals surface area (Å²) in [6, 6.07) is 0. The van der Waals surface area contributed by atoms with E-state index in [-0.39, 0.29) is 12.0 Å². The van der Waals surface area contributed by atoms with Crippen molar-refractivity contribution in [2.45, 2.75) is 71.8 Å².